The zero-order valence-electron chi connectivity index (χ0n) is 18.0. The molecular formula is C19H23N5O7S2. The number of rotatable bonds is 7. The topological polar surface area (TPSA) is 174 Å². The number of esters is 2. The fourth-order valence-corrected chi connectivity index (χ4v) is 5.61. The molecule has 14 heteroatoms. The van der Waals surface area contributed by atoms with Crippen LogP contribution in [0.3, 0.4) is 0 Å². The van der Waals surface area contributed by atoms with Gasteiger partial charge in [0.1, 0.15) is 22.5 Å². The van der Waals surface area contributed by atoms with Crippen LogP contribution in [0.1, 0.15) is 26.5 Å². The minimum atomic E-state index is -1.13. The number of thiazole rings is 1. The summed E-state index contributed by atoms with van der Waals surface area (Å²) in [5, 5.41) is 16.0. The molecule has 0 bridgehead atoms. The first-order chi connectivity index (χ1) is 15.6. The van der Waals surface area contributed by atoms with Crippen LogP contribution in [0, 0.1) is 5.41 Å². The molecule has 0 radical (unpaired) electrons. The van der Waals surface area contributed by atoms with E-state index in [1.807, 2.05) is 0 Å². The average molecular weight is 498 g/mol. The summed E-state index contributed by atoms with van der Waals surface area (Å²) in [4.78, 5) is 54.7. The molecule has 4 N–H and O–H groups in total. The molecule has 2 fully saturated rings. The van der Waals surface area contributed by atoms with Gasteiger partial charge in [-0.25, -0.2) is 4.98 Å². The lowest BCUT2D eigenvalue weighted by Crippen LogP contribution is -2.74. The first-order valence-corrected chi connectivity index (χ1v) is 11.7. The van der Waals surface area contributed by atoms with Crippen molar-refractivity contribution >= 4 is 57.7 Å². The fraction of sp³-hybridized carbons (Fsp3) is 0.474. The smallest absolute Gasteiger partial charge is 0.321 e. The highest BCUT2D eigenvalue weighted by Crippen LogP contribution is 2.43. The van der Waals surface area contributed by atoms with Crippen LogP contribution in [0.25, 0.3) is 0 Å². The molecule has 0 aromatic carbocycles. The van der Waals surface area contributed by atoms with Gasteiger partial charge in [0.05, 0.1) is 0 Å². The van der Waals surface area contributed by atoms with Gasteiger partial charge in [-0.15, -0.1) is 23.1 Å². The van der Waals surface area contributed by atoms with Crippen molar-refractivity contribution in [3.8, 4) is 0 Å². The Hall–Kier alpha value is -3.13. The van der Waals surface area contributed by atoms with Crippen LogP contribution in [-0.4, -0.2) is 74.6 Å². The molecule has 1 aromatic heterocycles. The number of aromatic nitrogens is 1. The van der Waals surface area contributed by atoms with Crippen LogP contribution in [0.15, 0.2) is 22.7 Å². The highest BCUT2D eigenvalue weighted by Gasteiger charge is 2.57. The van der Waals surface area contributed by atoms with Gasteiger partial charge in [0.25, 0.3) is 5.91 Å². The maximum Gasteiger partial charge on any atom is 0.321 e. The Bertz CT molecular complexity index is 1030. The van der Waals surface area contributed by atoms with Crippen LogP contribution in [0.2, 0.25) is 0 Å². The number of nitrogen functional groups attached to an aromatic ring is 1. The maximum atomic E-state index is 12.9. The standard InChI is InChI=1S/C19H23N5O7S2/c1-4-5-19(17(28)31-10(3)30-9(2)25)7-24-15(27)13(16(24)33-8-19)22-14(26)12(23-29)11-6-32-18(20)21-11/h4-6,10,13,16,29H,7-8H2,1-3H3,(H2,20,21)(H,22,26)/t10?,13?,16-,19?/m1/s1. The number of nitrogens with one attached hydrogen (secondary N) is 1. The van der Waals surface area contributed by atoms with E-state index in [9.17, 15) is 24.4 Å². The lowest BCUT2D eigenvalue weighted by molar-refractivity contribution is -0.189. The minimum Gasteiger partial charge on any atom is -0.426 e. The summed E-state index contributed by atoms with van der Waals surface area (Å²) >= 11 is 2.37. The number of ether oxygens (including phenoxy) is 2. The zero-order chi connectivity index (χ0) is 24.3. The highest BCUT2D eigenvalue weighted by molar-refractivity contribution is 8.00. The molecule has 1 aromatic rings. The van der Waals surface area contributed by atoms with Gasteiger partial charge in [-0.2, -0.15) is 0 Å². The second kappa shape index (κ2) is 9.79. The molecule has 3 rings (SSSR count). The van der Waals surface area contributed by atoms with E-state index in [1.165, 1.54) is 35.9 Å². The Morgan fingerprint density at radius 2 is 2.18 bits per heavy atom. The molecule has 2 amide bonds. The summed E-state index contributed by atoms with van der Waals surface area (Å²) in [5.41, 5.74) is 4.15. The second-order valence-corrected chi connectivity index (χ2v) is 9.37. The molecule has 0 spiro atoms. The average Bonchev–Trinajstić information content (AvgIpc) is 3.17. The van der Waals surface area contributed by atoms with Gasteiger partial charge < -0.3 is 30.6 Å². The summed E-state index contributed by atoms with van der Waals surface area (Å²) in [6.45, 7) is 4.41. The third-order valence-corrected chi connectivity index (χ3v) is 7.19. The van der Waals surface area contributed by atoms with Gasteiger partial charge in [-0.3, -0.25) is 19.2 Å². The van der Waals surface area contributed by atoms with E-state index in [0.29, 0.717) is 0 Å². The van der Waals surface area contributed by atoms with Gasteiger partial charge in [-0.1, -0.05) is 17.3 Å². The van der Waals surface area contributed by atoms with Crippen molar-refractivity contribution < 1.29 is 33.9 Å². The van der Waals surface area contributed by atoms with Crippen molar-refractivity contribution in [3.63, 3.8) is 0 Å². The number of thioether (sulfide) groups is 1. The van der Waals surface area contributed by atoms with Crippen LogP contribution in [0.5, 0.6) is 0 Å². The number of amides is 2. The fourth-order valence-electron chi connectivity index (χ4n) is 3.55. The van der Waals surface area contributed by atoms with Gasteiger partial charge in [0.2, 0.25) is 12.2 Å². The van der Waals surface area contributed by atoms with Gasteiger partial charge in [-0.05, 0) is 6.92 Å². The third-order valence-electron chi connectivity index (χ3n) is 4.97. The Labute approximate surface area is 197 Å². The largest absolute Gasteiger partial charge is 0.426 e. The molecule has 2 aliphatic rings. The predicted octanol–water partition coefficient (Wildman–Crippen LogP) is 0.318. The molecule has 4 atom stereocenters. The summed E-state index contributed by atoms with van der Waals surface area (Å²) in [5.74, 6) is -2.12. The van der Waals surface area contributed by atoms with Crippen molar-refractivity contribution in [2.24, 2.45) is 10.6 Å². The molecule has 3 unspecified atom stereocenters. The van der Waals surface area contributed by atoms with E-state index in [1.54, 1.807) is 19.1 Å². The van der Waals surface area contributed by atoms with Crippen LogP contribution in [-0.2, 0) is 28.7 Å². The number of fused-ring (bicyclic) bond motifs is 1. The first-order valence-electron chi connectivity index (χ1n) is 9.80. The third kappa shape index (κ3) is 4.95. The Kier molecular flexibility index (Phi) is 7.27. The molecule has 2 saturated heterocycles. The summed E-state index contributed by atoms with van der Waals surface area (Å²) in [6.07, 6.45) is 2.27. The van der Waals surface area contributed by atoms with E-state index in [-0.39, 0.29) is 28.8 Å². The number of β-lactam (4-membered cyclic amide) rings is 1. The van der Waals surface area contributed by atoms with E-state index >= 15 is 0 Å². The van der Waals surface area contributed by atoms with E-state index in [4.69, 9.17) is 15.2 Å². The van der Waals surface area contributed by atoms with Crippen molar-refractivity contribution in [3.05, 3.63) is 23.2 Å². The van der Waals surface area contributed by atoms with Gasteiger partial charge >= 0.3 is 11.9 Å². The van der Waals surface area contributed by atoms with Gasteiger partial charge in [0, 0.05) is 31.5 Å². The van der Waals surface area contributed by atoms with Gasteiger partial charge in [0.15, 0.2) is 10.8 Å². The molecule has 0 aliphatic carbocycles. The summed E-state index contributed by atoms with van der Waals surface area (Å²) in [7, 11) is 0. The molecule has 12 nitrogen and oxygen atoms in total. The second-order valence-electron chi connectivity index (χ2n) is 7.38. The van der Waals surface area contributed by atoms with Crippen molar-refractivity contribution in [1.82, 2.24) is 15.2 Å². The lowest BCUT2D eigenvalue weighted by atomic mass is 9.86. The SMILES string of the molecule is CC=CC1(C(=O)OC(C)OC(C)=O)CS[C@@H]2C(NC(=O)C(=NO)c3csc(N)n3)C(=O)N2C1. The molecule has 33 heavy (non-hydrogen) atoms. The van der Waals surface area contributed by atoms with E-state index in [0.717, 1.165) is 11.3 Å². The van der Waals surface area contributed by atoms with Crippen LogP contribution >= 0.6 is 23.1 Å². The van der Waals surface area contributed by atoms with Crippen molar-refractivity contribution in [1.29, 1.82) is 0 Å². The number of hydrogen-bond donors (Lipinski definition) is 3. The monoisotopic (exact) mass is 497 g/mol. The minimum absolute atomic E-state index is 0.0371. The van der Waals surface area contributed by atoms with Crippen molar-refractivity contribution in [2.75, 3.05) is 18.0 Å². The Morgan fingerprint density at radius 3 is 2.76 bits per heavy atom. The van der Waals surface area contributed by atoms with Crippen LogP contribution < -0.4 is 11.1 Å². The highest BCUT2D eigenvalue weighted by atomic mass is 32.2. The zero-order valence-corrected chi connectivity index (χ0v) is 19.6. The Morgan fingerprint density at radius 1 is 1.45 bits per heavy atom. The number of allylic oxidation sites excluding steroid dienone is 1. The first kappa shape index (κ1) is 24.5. The molecular weight excluding hydrogens is 474 g/mol. The number of carbonyl (C=O) groups excluding carboxylic acids is 4. The van der Waals surface area contributed by atoms with E-state index in [2.05, 4.69) is 15.5 Å². The number of hydrogen-bond acceptors (Lipinski definition) is 12. The van der Waals surface area contributed by atoms with Crippen molar-refractivity contribution in [2.45, 2.75) is 38.5 Å². The Balaban J connectivity index is 1.68. The number of nitrogens with zero attached hydrogens (tertiary/aromatic N) is 3. The summed E-state index contributed by atoms with van der Waals surface area (Å²) < 4.78 is 10.1. The number of nitrogens with two attached hydrogens (primary N) is 1. The molecule has 0 saturated carbocycles. The van der Waals surface area contributed by atoms with Crippen LogP contribution in [0.4, 0.5) is 5.13 Å². The quantitative estimate of drug-likeness (QED) is 0.0905. The summed E-state index contributed by atoms with van der Waals surface area (Å²) in [6, 6.07) is -0.866. The number of anilines is 1. The lowest BCUT2D eigenvalue weighted by Gasteiger charge is -2.53. The molecule has 3 heterocycles. The van der Waals surface area contributed by atoms with E-state index < -0.39 is 46.9 Å². The number of oxime groups is 1. The predicted molar refractivity (Wildman–Crippen MR) is 119 cm³/mol. The molecule has 178 valence electrons. The number of carbonyl (C=O) groups is 4. The maximum absolute atomic E-state index is 12.9. The molecule has 2 aliphatic heterocycles. The normalized spacial score (nSPS) is 25.7.